The van der Waals surface area contributed by atoms with E-state index in [0.717, 1.165) is 19.3 Å². The molecule has 0 aliphatic heterocycles. The van der Waals surface area contributed by atoms with Crippen molar-refractivity contribution in [1.29, 1.82) is 0 Å². The van der Waals surface area contributed by atoms with Crippen LogP contribution in [0.1, 0.15) is 49.9 Å². The summed E-state index contributed by atoms with van der Waals surface area (Å²) in [5.74, 6) is 0.321. The first-order valence-electron chi connectivity index (χ1n) is 7.13. The second kappa shape index (κ2) is 9.40. The van der Waals surface area contributed by atoms with Crippen molar-refractivity contribution >= 4 is 23.4 Å². The maximum atomic E-state index is 11.5. The summed E-state index contributed by atoms with van der Waals surface area (Å²) in [6, 6.07) is 5.02. The Labute approximate surface area is 130 Å². The molecule has 0 saturated carbocycles. The quantitative estimate of drug-likeness (QED) is 0.392. The van der Waals surface area contributed by atoms with Crippen LogP contribution >= 0.6 is 11.6 Å². The van der Waals surface area contributed by atoms with Crippen LogP contribution in [0.25, 0.3) is 0 Å². The average Bonchev–Trinajstić information content (AvgIpc) is 2.44. The molecule has 0 heterocycles. The van der Waals surface area contributed by atoms with Gasteiger partial charge in [0.1, 0.15) is 5.75 Å². The van der Waals surface area contributed by atoms with Crippen molar-refractivity contribution in [2.24, 2.45) is 0 Å². The van der Waals surface area contributed by atoms with Crippen LogP contribution in [0.15, 0.2) is 18.2 Å². The number of ether oxygens (including phenoxy) is 2. The minimum atomic E-state index is -0.157. The molecular weight excluding hydrogens is 292 g/mol. The highest BCUT2D eigenvalue weighted by Crippen LogP contribution is 2.23. The summed E-state index contributed by atoms with van der Waals surface area (Å²) in [6.45, 7) is 4.21. The van der Waals surface area contributed by atoms with Gasteiger partial charge in [0.2, 0.25) is 0 Å². The molecule has 1 aromatic rings. The first-order chi connectivity index (χ1) is 10.0. The molecule has 0 amide bonds. The van der Waals surface area contributed by atoms with Gasteiger partial charge >= 0.3 is 5.97 Å². The van der Waals surface area contributed by atoms with Crippen LogP contribution in [-0.2, 0) is 9.53 Å². The summed E-state index contributed by atoms with van der Waals surface area (Å²) in [6.07, 6.45) is 2.91. The lowest BCUT2D eigenvalue weighted by Gasteiger charge is -2.10. The number of esters is 1. The molecule has 0 aromatic heterocycles. The van der Waals surface area contributed by atoms with Gasteiger partial charge in [0.15, 0.2) is 5.78 Å². The number of halogens is 1. The van der Waals surface area contributed by atoms with Gasteiger partial charge in [-0.3, -0.25) is 9.59 Å². The van der Waals surface area contributed by atoms with Crippen molar-refractivity contribution in [3.63, 3.8) is 0 Å². The fourth-order valence-corrected chi connectivity index (χ4v) is 2.04. The number of hydrogen-bond donors (Lipinski definition) is 0. The molecule has 5 heteroatoms. The molecule has 0 atom stereocenters. The van der Waals surface area contributed by atoms with Gasteiger partial charge in [-0.05, 0) is 51.3 Å². The Morgan fingerprint density at radius 1 is 1.19 bits per heavy atom. The standard InChI is InChI=1S/C16H21ClO4/c1-3-20-16(19)7-5-4-6-10-21-15-9-8-13(17)11-14(15)12(2)18/h8-9,11H,3-7,10H2,1-2H3. The maximum absolute atomic E-state index is 11.5. The lowest BCUT2D eigenvalue weighted by Crippen LogP contribution is -2.05. The zero-order valence-electron chi connectivity index (χ0n) is 12.5. The van der Waals surface area contributed by atoms with E-state index in [4.69, 9.17) is 21.1 Å². The van der Waals surface area contributed by atoms with Gasteiger partial charge in [-0.2, -0.15) is 0 Å². The van der Waals surface area contributed by atoms with E-state index in [1.54, 1.807) is 25.1 Å². The largest absolute Gasteiger partial charge is 0.493 e. The number of carbonyl (C=O) groups is 2. The molecule has 1 aromatic carbocycles. The summed E-state index contributed by atoms with van der Waals surface area (Å²) in [4.78, 5) is 22.6. The second-order valence-corrected chi connectivity index (χ2v) is 5.10. The molecule has 0 bridgehead atoms. The smallest absolute Gasteiger partial charge is 0.305 e. The van der Waals surface area contributed by atoms with Gasteiger partial charge in [-0.15, -0.1) is 0 Å². The highest BCUT2D eigenvalue weighted by molar-refractivity contribution is 6.31. The summed E-state index contributed by atoms with van der Waals surface area (Å²) in [5.41, 5.74) is 0.494. The van der Waals surface area contributed by atoms with Gasteiger partial charge in [0.25, 0.3) is 0 Å². The van der Waals surface area contributed by atoms with Crippen molar-refractivity contribution in [3.05, 3.63) is 28.8 Å². The summed E-state index contributed by atoms with van der Waals surface area (Å²) < 4.78 is 10.5. The van der Waals surface area contributed by atoms with Crippen molar-refractivity contribution in [2.45, 2.75) is 39.5 Å². The molecular formula is C16H21ClO4. The molecule has 0 radical (unpaired) electrons. The number of benzene rings is 1. The number of ketones is 1. The zero-order valence-corrected chi connectivity index (χ0v) is 13.2. The Morgan fingerprint density at radius 3 is 2.62 bits per heavy atom. The summed E-state index contributed by atoms with van der Waals surface area (Å²) >= 11 is 5.87. The molecule has 0 aliphatic rings. The van der Waals surface area contributed by atoms with Crippen LogP contribution in [0.5, 0.6) is 5.75 Å². The SMILES string of the molecule is CCOC(=O)CCCCCOc1ccc(Cl)cc1C(C)=O. The lowest BCUT2D eigenvalue weighted by atomic mass is 10.1. The molecule has 0 unspecified atom stereocenters. The number of carbonyl (C=O) groups excluding carboxylic acids is 2. The number of unbranched alkanes of at least 4 members (excludes halogenated alkanes) is 2. The molecule has 4 nitrogen and oxygen atoms in total. The third-order valence-electron chi connectivity index (χ3n) is 2.91. The average molecular weight is 313 g/mol. The van der Waals surface area contributed by atoms with Crippen LogP contribution in [0.3, 0.4) is 0 Å². The summed E-state index contributed by atoms with van der Waals surface area (Å²) in [5, 5.41) is 0.516. The minimum Gasteiger partial charge on any atom is -0.493 e. The second-order valence-electron chi connectivity index (χ2n) is 4.66. The highest BCUT2D eigenvalue weighted by atomic mass is 35.5. The monoisotopic (exact) mass is 312 g/mol. The normalized spacial score (nSPS) is 10.2. The molecule has 0 N–H and O–H groups in total. The van der Waals surface area contributed by atoms with Gasteiger partial charge in [0, 0.05) is 11.4 Å². The zero-order chi connectivity index (χ0) is 15.7. The lowest BCUT2D eigenvalue weighted by molar-refractivity contribution is -0.143. The van der Waals surface area contributed by atoms with E-state index in [1.807, 2.05) is 0 Å². The van der Waals surface area contributed by atoms with Gasteiger partial charge in [0.05, 0.1) is 18.8 Å². The number of rotatable bonds is 9. The van der Waals surface area contributed by atoms with Crippen LogP contribution in [0.2, 0.25) is 5.02 Å². The molecule has 0 fully saturated rings. The molecule has 116 valence electrons. The third-order valence-corrected chi connectivity index (χ3v) is 3.14. The van der Waals surface area contributed by atoms with E-state index in [2.05, 4.69) is 0 Å². The predicted molar refractivity (Wildman–Crippen MR) is 82.1 cm³/mol. The fraction of sp³-hybridized carbons (Fsp3) is 0.500. The molecule has 0 saturated heterocycles. The Balaban J connectivity index is 2.30. The Bertz CT molecular complexity index is 485. The maximum Gasteiger partial charge on any atom is 0.305 e. The molecule has 21 heavy (non-hydrogen) atoms. The molecule has 0 spiro atoms. The Kier molecular flexibility index (Phi) is 7.83. The van der Waals surface area contributed by atoms with Crippen molar-refractivity contribution in [3.8, 4) is 5.75 Å². The van der Waals surface area contributed by atoms with Crippen molar-refractivity contribution in [2.75, 3.05) is 13.2 Å². The van der Waals surface area contributed by atoms with E-state index in [9.17, 15) is 9.59 Å². The third kappa shape index (κ3) is 6.63. The van der Waals surface area contributed by atoms with Crippen molar-refractivity contribution in [1.82, 2.24) is 0 Å². The Hall–Kier alpha value is -1.55. The molecule has 1 rings (SSSR count). The van der Waals surface area contributed by atoms with Crippen LogP contribution in [0, 0.1) is 0 Å². The number of Topliss-reactive ketones (excluding diaryl/α,β-unsaturated/α-hetero) is 1. The highest BCUT2D eigenvalue weighted by Gasteiger charge is 2.09. The molecule has 0 aliphatic carbocycles. The topological polar surface area (TPSA) is 52.6 Å². The van der Waals surface area contributed by atoms with Crippen LogP contribution in [0.4, 0.5) is 0 Å². The first-order valence-corrected chi connectivity index (χ1v) is 7.51. The van der Waals surface area contributed by atoms with E-state index in [1.165, 1.54) is 6.92 Å². The predicted octanol–water partition coefficient (Wildman–Crippen LogP) is 4.04. The van der Waals surface area contributed by atoms with Gasteiger partial charge < -0.3 is 9.47 Å². The van der Waals surface area contributed by atoms with E-state index in [0.29, 0.717) is 36.0 Å². The van der Waals surface area contributed by atoms with E-state index < -0.39 is 0 Å². The first kappa shape index (κ1) is 17.5. The Morgan fingerprint density at radius 2 is 1.95 bits per heavy atom. The summed E-state index contributed by atoms with van der Waals surface area (Å²) in [7, 11) is 0. The minimum absolute atomic E-state index is 0.0742. The fourth-order valence-electron chi connectivity index (χ4n) is 1.87. The van der Waals surface area contributed by atoms with Crippen LogP contribution < -0.4 is 4.74 Å². The van der Waals surface area contributed by atoms with Crippen LogP contribution in [-0.4, -0.2) is 25.0 Å². The number of hydrogen-bond acceptors (Lipinski definition) is 4. The van der Waals surface area contributed by atoms with Gasteiger partial charge in [-0.1, -0.05) is 11.6 Å². The van der Waals surface area contributed by atoms with Crippen molar-refractivity contribution < 1.29 is 19.1 Å². The van der Waals surface area contributed by atoms with Gasteiger partial charge in [-0.25, -0.2) is 0 Å². The van der Waals surface area contributed by atoms with E-state index in [-0.39, 0.29) is 11.8 Å². The van der Waals surface area contributed by atoms with E-state index >= 15 is 0 Å².